The second-order valence-electron chi connectivity index (χ2n) is 5.54. The van der Waals surface area contributed by atoms with E-state index in [0.29, 0.717) is 13.2 Å². The fraction of sp³-hybridized carbons (Fsp3) is 0.278. The van der Waals surface area contributed by atoms with Gasteiger partial charge in [0.1, 0.15) is 12.4 Å². The Morgan fingerprint density at radius 3 is 2.64 bits per heavy atom. The Morgan fingerprint density at radius 1 is 1.24 bits per heavy atom. The second kappa shape index (κ2) is 8.14. The normalized spacial score (nSPS) is 10.2. The number of methoxy groups -OCH3 is 1. The summed E-state index contributed by atoms with van der Waals surface area (Å²) in [4.78, 5) is 24.4. The first-order chi connectivity index (χ1) is 11.9. The van der Waals surface area contributed by atoms with Crippen LogP contribution in [-0.4, -0.2) is 43.0 Å². The maximum atomic E-state index is 12.4. The van der Waals surface area contributed by atoms with Crippen molar-refractivity contribution in [3.63, 3.8) is 0 Å². The summed E-state index contributed by atoms with van der Waals surface area (Å²) >= 11 is 0. The number of hydrogen-bond acceptors (Lipinski definition) is 5. The van der Waals surface area contributed by atoms with Crippen molar-refractivity contribution in [3.8, 4) is 11.5 Å². The van der Waals surface area contributed by atoms with E-state index in [4.69, 9.17) is 9.47 Å². The van der Waals surface area contributed by atoms with Crippen molar-refractivity contribution < 1.29 is 19.2 Å². The van der Waals surface area contributed by atoms with Crippen LogP contribution in [0.1, 0.15) is 15.9 Å². The lowest BCUT2D eigenvalue weighted by Gasteiger charge is -2.18. The van der Waals surface area contributed by atoms with E-state index >= 15 is 0 Å². The number of amides is 1. The molecule has 1 amide bonds. The van der Waals surface area contributed by atoms with Crippen LogP contribution < -0.4 is 9.47 Å². The molecule has 0 fully saturated rings. The smallest absolute Gasteiger partial charge is 0.311 e. The van der Waals surface area contributed by atoms with Gasteiger partial charge in [-0.05, 0) is 36.8 Å². The van der Waals surface area contributed by atoms with Crippen LogP contribution in [-0.2, 0) is 0 Å². The van der Waals surface area contributed by atoms with E-state index in [9.17, 15) is 14.9 Å². The standard InChI is InChI=1S/C18H20N2O5/c1-13-5-4-6-15(11-13)25-10-9-19(2)18(21)14-7-8-17(24-3)16(12-14)20(22)23/h4-8,11-12H,9-10H2,1-3H3. The molecule has 0 bridgehead atoms. The highest BCUT2D eigenvalue weighted by Crippen LogP contribution is 2.27. The van der Waals surface area contributed by atoms with Gasteiger partial charge in [-0.15, -0.1) is 0 Å². The molecule has 132 valence electrons. The Kier molecular flexibility index (Phi) is 5.94. The predicted molar refractivity (Wildman–Crippen MR) is 93.3 cm³/mol. The third-order valence-electron chi connectivity index (χ3n) is 3.65. The predicted octanol–water partition coefficient (Wildman–Crippen LogP) is 3.06. The highest BCUT2D eigenvalue weighted by atomic mass is 16.6. The number of carbonyl (C=O) groups excluding carboxylic acids is 1. The number of carbonyl (C=O) groups is 1. The molecule has 0 aliphatic rings. The molecule has 2 aromatic carbocycles. The lowest BCUT2D eigenvalue weighted by atomic mass is 10.1. The zero-order valence-corrected chi connectivity index (χ0v) is 14.4. The van der Waals surface area contributed by atoms with E-state index in [1.807, 2.05) is 31.2 Å². The molecule has 0 heterocycles. The van der Waals surface area contributed by atoms with E-state index in [1.165, 1.54) is 30.2 Å². The van der Waals surface area contributed by atoms with E-state index in [1.54, 1.807) is 7.05 Å². The average Bonchev–Trinajstić information content (AvgIpc) is 2.60. The Bertz CT molecular complexity index is 776. The van der Waals surface area contributed by atoms with Crippen molar-refractivity contribution in [1.82, 2.24) is 4.90 Å². The van der Waals surface area contributed by atoms with Crippen molar-refractivity contribution in [2.75, 3.05) is 27.3 Å². The molecule has 0 atom stereocenters. The molecule has 0 unspecified atom stereocenters. The van der Waals surface area contributed by atoms with Gasteiger partial charge in [0.05, 0.1) is 18.6 Å². The number of rotatable bonds is 7. The van der Waals surface area contributed by atoms with Crippen LogP contribution in [0.3, 0.4) is 0 Å². The number of benzene rings is 2. The summed E-state index contributed by atoms with van der Waals surface area (Å²) in [6.07, 6.45) is 0. The number of likely N-dealkylation sites (N-methyl/N-ethyl adjacent to an activating group) is 1. The molecule has 0 saturated carbocycles. The first-order valence-electron chi connectivity index (χ1n) is 7.69. The zero-order chi connectivity index (χ0) is 18.4. The summed E-state index contributed by atoms with van der Waals surface area (Å²) in [6.45, 7) is 2.65. The van der Waals surface area contributed by atoms with Gasteiger partial charge in [0, 0.05) is 18.7 Å². The number of hydrogen-bond donors (Lipinski definition) is 0. The quantitative estimate of drug-likeness (QED) is 0.569. The Hall–Kier alpha value is -3.09. The maximum Gasteiger partial charge on any atom is 0.311 e. The summed E-state index contributed by atoms with van der Waals surface area (Å²) in [6, 6.07) is 11.8. The summed E-state index contributed by atoms with van der Waals surface area (Å²) in [5, 5.41) is 11.1. The van der Waals surface area contributed by atoms with Crippen molar-refractivity contribution in [1.29, 1.82) is 0 Å². The Balaban J connectivity index is 1.99. The molecule has 0 aliphatic heterocycles. The number of nitrogens with zero attached hydrogens (tertiary/aromatic N) is 2. The largest absolute Gasteiger partial charge is 0.492 e. The van der Waals surface area contributed by atoms with Crippen LogP contribution in [0, 0.1) is 17.0 Å². The molecule has 7 nitrogen and oxygen atoms in total. The molecule has 2 aromatic rings. The van der Waals surface area contributed by atoms with Gasteiger partial charge < -0.3 is 14.4 Å². The molecule has 0 spiro atoms. The number of aryl methyl sites for hydroxylation is 1. The summed E-state index contributed by atoms with van der Waals surface area (Å²) < 4.78 is 10.6. The van der Waals surface area contributed by atoms with E-state index in [0.717, 1.165) is 11.3 Å². The second-order valence-corrected chi connectivity index (χ2v) is 5.54. The van der Waals surface area contributed by atoms with E-state index in [-0.39, 0.29) is 22.9 Å². The lowest BCUT2D eigenvalue weighted by Crippen LogP contribution is -2.30. The number of ether oxygens (including phenoxy) is 2. The minimum absolute atomic E-state index is 0.118. The van der Waals surface area contributed by atoms with Crippen LogP contribution in [0.2, 0.25) is 0 Å². The first kappa shape index (κ1) is 18.3. The molecule has 0 aliphatic carbocycles. The monoisotopic (exact) mass is 344 g/mol. The van der Waals surface area contributed by atoms with E-state index < -0.39 is 4.92 Å². The van der Waals surface area contributed by atoms with Gasteiger partial charge in [0.15, 0.2) is 5.75 Å². The maximum absolute atomic E-state index is 12.4. The molecule has 25 heavy (non-hydrogen) atoms. The molecule has 2 rings (SSSR count). The van der Waals surface area contributed by atoms with Crippen molar-refractivity contribution >= 4 is 11.6 Å². The van der Waals surface area contributed by atoms with Crippen LogP contribution in [0.15, 0.2) is 42.5 Å². The topological polar surface area (TPSA) is 81.9 Å². The lowest BCUT2D eigenvalue weighted by molar-refractivity contribution is -0.385. The fourth-order valence-corrected chi connectivity index (χ4v) is 2.29. The average molecular weight is 344 g/mol. The fourth-order valence-electron chi connectivity index (χ4n) is 2.29. The summed E-state index contributed by atoms with van der Waals surface area (Å²) in [5.74, 6) is 0.534. The number of nitro benzene ring substituents is 1. The molecular weight excluding hydrogens is 324 g/mol. The van der Waals surface area contributed by atoms with Gasteiger partial charge in [-0.1, -0.05) is 12.1 Å². The molecular formula is C18H20N2O5. The highest BCUT2D eigenvalue weighted by molar-refractivity contribution is 5.95. The van der Waals surface area contributed by atoms with Gasteiger partial charge in [0.25, 0.3) is 5.91 Å². The molecule has 7 heteroatoms. The van der Waals surface area contributed by atoms with Crippen molar-refractivity contribution in [2.24, 2.45) is 0 Å². The van der Waals surface area contributed by atoms with Gasteiger partial charge in [0.2, 0.25) is 0 Å². The van der Waals surface area contributed by atoms with Crippen LogP contribution in [0.4, 0.5) is 5.69 Å². The van der Waals surface area contributed by atoms with Crippen LogP contribution >= 0.6 is 0 Å². The summed E-state index contributed by atoms with van der Waals surface area (Å²) in [7, 11) is 2.97. The van der Waals surface area contributed by atoms with Gasteiger partial charge >= 0.3 is 5.69 Å². The van der Waals surface area contributed by atoms with E-state index in [2.05, 4.69) is 0 Å². The van der Waals surface area contributed by atoms with Crippen LogP contribution in [0.5, 0.6) is 11.5 Å². The molecule has 0 saturated heterocycles. The Morgan fingerprint density at radius 2 is 2.00 bits per heavy atom. The third kappa shape index (κ3) is 4.69. The first-order valence-corrected chi connectivity index (χ1v) is 7.69. The van der Waals surface area contributed by atoms with Gasteiger partial charge in [-0.3, -0.25) is 14.9 Å². The molecule has 0 radical (unpaired) electrons. The molecule has 0 aromatic heterocycles. The third-order valence-corrected chi connectivity index (χ3v) is 3.65. The van der Waals surface area contributed by atoms with Gasteiger partial charge in [-0.25, -0.2) is 0 Å². The van der Waals surface area contributed by atoms with Gasteiger partial charge in [-0.2, -0.15) is 0 Å². The van der Waals surface area contributed by atoms with Crippen LogP contribution in [0.25, 0.3) is 0 Å². The van der Waals surface area contributed by atoms with Crippen molar-refractivity contribution in [2.45, 2.75) is 6.92 Å². The summed E-state index contributed by atoms with van der Waals surface area (Å²) in [5.41, 5.74) is 1.08. The minimum Gasteiger partial charge on any atom is -0.492 e. The zero-order valence-electron chi connectivity index (χ0n) is 14.4. The SMILES string of the molecule is COc1ccc(C(=O)N(C)CCOc2cccc(C)c2)cc1[N+](=O)[O-]. The Labute approximate surface area is 145 Å². The molecule has 0 N–H and O–H groups in total. The minimum atomic E-state index is -0.573. The van der Waals surface area contributed by atoms with Crippen molar-refractivity contribution in [3.05, 3.63) is 63.7 Å². The highest BCUT2D eigenvalue weighted by Gasteiger charge is 2.20. The number of nitro groups is 1.